The van der Waals surface area contributed by atoms with Crippen LogP contribution >= 0.6 is 15.9 Å². The zero-order valence-electron chi connectivity index (χ0n) is 10.7. The van der Waals surface area contributed by atoms with E-state index in [0.29, 0.717) is 12.1 Å². The maximum atomic E-state index is 9.11. The zero-order valence-corrected chi connectivity index (χ0v) is 12.2. The summed E-state index contributed by atoms with van der Waals surface area (Å²) >= 11 is 3.43. The lowest BCUT2D eigenvalue weighted by Crippen LogP contribution is -2.01. The number of aromatic amines is 1. The summed E-state index contributed by atoms with van der Waals surface area (Å²) in [7, 11) is 0. The van der Waals surface area contributed by atoms with E-state index in [9.17, 15) is 0 Å². The number of aromatic nitrogens is 1. The molecule has 0 saturated heterocycles. The topological polar surface area (TPSA) is 51.6 Å². The van der Waals surface area contributed by atoms with Crippen LogP contribution < -0.4 is 5.32 Å². The van der Waals surface area contributed by atoms with Crippen molar-refractivity contribution in [1.29, 1.82) is 5.26 Å². The second kappa shape index (κ2) is 5.40. The second-order valence-corrected chi connectivity index (χ2v) is 5.47. The van der Waals surface area contributed by atoms with Crippen molar-refractivity contribution in [3.63, 3.8) is 0 Å². The van der Waals surface area contributed by atoms with E-state index in [0.717, 1.165) is 15.7 Å². The van der Waals surface area contributed by atoms with Crippen LogP contribution in [-0.4, -0.2) is 4.98 Å². The van der Waals surface area contributed by atoms with Gasteiger partial charge in [0.25, 0.3) is 0 Å². The number of nitrogens with zero attached hydrogens (tertiary/aromatic N) is 1. The van der Waals surface area contributed by atoms with Crippen molar-refractivity contribution in [1.82, 2.24) is 4.98 Å². The molecule has 2 N–H and O–H groups in total. The molecule has 1 heterocycles. The minimum absolute atomic E-state index is 0.649. The van der Waals surface area contributed by atoms with Crippen LogP contribution in [0.25, 0.3) is 10.9 Å². The number of fused-ring (bicyclic) bond motifs is 1. The summed E-state index contributed by atoms with van der Waals surface area (Å²) in [6.45, 7) is 0.687. The highest BCUT2D eigenvalue weighted by molar-refractivity contribution is 9.10. The Kier molecular flexibility index (Phi) is 3.44. The van der Waals surface area contributed by atoms with Gasteiger partial charge in [-0.1, -0.05) is 22.0 Å². The van der Waals surface area contributed by atoms with Crippen LogP contribution in [0.15, 0.2) is 53.1 Å². The maximum Gasteiger partial charge on any atom is 0.101 e. The predicted molar refractivity (Wildman–Crippen MR) is 84.5 cm³/mol. The highest BCUT2D eigenvalue weighted by Crippen LogP contribution is 2.22. The number of hydrogen-bond acceptors (Lipinski definition) is 2. The van der Waals surface area contributed by atoms with Gasteiger partial charge in [0.2, 0.25) is 0 Å². The van der Waals surface area contributed by atoms with Gasteiger partial charge in [0.05, 0.1) is 11.3 Å². The Hall–Kier alpha value is -2.25. The van der Waals surface area contributed by atoms with E-state index in [-0.39, 0.29) is 0 Å². The Morgan fingerprint density at radius 3 is 2.90 bits per heavy atom. The van der Waals surface area contributed by atoms with Gasteiger partial charge in [0.15, 0.2) is 0 Å². The first-order valence-corrected chi connectivity index (χ1v) is 7.05. The van der Waals surface area contributed by atoms with E-state index in [1.807, 2.05) is 24.4 Å². The molecule has 0 spiro atoms. The number of nitriles is 1. The quantitative estimate of drug-likeness (QED) is 0.749. The van der Waals surface area contributed by atoms with Gasteiger partial charge in [-0.15, -0.1) is 0 Å². The van der Waals surface area contributed by atoms with Gasteiger partial charge in [-0.05, 0) is 47.3 Å². The molecular formula is C16H12BrN3. The second-order valence-electron chi connectivity index (χ2n) is 4.55. The molecular weight excluding hydrogens is 314 g/mol. The van der Waals surface area contributed by atoms with Crippen LogP contribution in [0.4, 0.5) is 5.69 Å². The molecule has 0 amide bonds. The van der Waals surface area contributed by atoms with Crippen molar-refractivity contribution in [3.8, 4) is 6.07 Å². The van der Waals surface area contributed by atoms with Crippen molar-refractivity contribution >= 4 is 32.5 Å². The fraction of sp³-hybridized carbons (Fsp3) is 0.0625. The van der Waals surface area contributed by atoms with E-state index in [2.05, 4.69) is 56.6 Å². The monoisotopic (exact) mass is 325 g/mol. The summed E-state index contributed by atoms with van der Waals surface area (Å²) in [6.07, 6.45) is 1.93. The number of halogens is 1. The van der Waals surface area contributed by atoms with Gasteiger partial charge in [-0.25, -0.2) is 0 Å². The smallest absolute Gasteiger partial charge is 0.101 e. The van der Waals surface area contributed by atoms with E-state index in [4.69, 9.17) is 5.26 Å². The van der Waals surface area contributed by atoms with Gasteiger partial charge >= 0.3 is 0 Å². The third-order valence-corrected chi connectivity index (χ3v) is 3.70. The van der Waals surface area contributed by atoms with E-state index < -0.39 is 0 Å². The third kappa shape index (κ3) is 2.54. The molecule has 0 bridgehead atoms. The molecule has 20 heavy (non-hydrogen) atoms. The van der Waals surface area contributed by atoms with Crippen molar-refractivity contribution in [2.24, 2.45) is 0 Å². The van der Waals surface area contributed by atoms with Gasteiger partial charge < -0.3 is 10.3 Å². The molecule has 0 aliphatic carbocycles. The molecule has 4 heteroatoms. The van der Waals surface area contributed by atoms with Gasteiger partial charge in [-0.2, -0.15) is 5.26 Å². The number of nitrogens with one attached hydrogen (secondary N) is 2. The molecule has 3 nitrogen and oxygen atoms in total. The fourth-order valence-corrected chi connectivity index (χ4v) is 2.53. The van der Waals surface area contributed by atoms with Crippen LogP contribution in [0.1, 0.15) is 11.1 Å². The first-order chi connectivity index (χ1) is 9.76. The summed E-state index contributed by atoms with van der Waals surface area (Å²) < 4.78 is 0.958. The summed E-state index contributed by atoms with van der Waals surface area (Å²) in [5.41, 5.74) is 3.81. The first kappa shape index (κ1) is 12.8. The highest BCUT2D eigenvalue weighted by Gasteiger charge is 2.03. The van der Waals surface area contributed by atoms with Crippen LogP contribution in [0, 0.1) is 11.3 Å². The first-order valence-electron chi connectivity index (χ1n) is 6.26. The number of rotatable bonds is 3. The maximum absolute atomic E-state index is 9.11. The zero-order chi connectivity index (χ0) is 13.9. The van der Waals surface area contributed by atoms with Gasteiger partial charge in [0, 0.05) is 22.7 Å². The Balaban J connectivity index is 1.82. The number of H-pyrrole nitrogens is 1. The summed E-state index contributed by atoms with van der Waals surface area (Å²) in [4.78, 5) is 3.18. The Labute approximate surface area is 125 Å². The van der Waals surface area contributed by atoms with Crippen molar-refractivity contribution in [2.45, 2.75) is 6.54 Å². The van der Waals surface area contributed by atoms with Crippen LogP contribution in [0.5, 0.6) is 0 Å². The summed E-state index contributed by atoms with van der Waals surface area (Å²) in [6, 6.07) is 16.1. The SMILES string of the molecule is N#Cc1ccc(Br)cc1NCc1ccc2[nH]ccc2c1. The Morgan fingerprint density at radius 1 is 1.15 bits per heavy atom. The van der Waals surface area contributed by atoms with E-state index in [1.165, 1.54) is 10.9 Å². The molecule has 3 aromatic rings. The Morgan fingerprint density at radius 2 is 2.05 bits per heavy atom. The van der Waals surface area contributed by atoms with Crippen LogP contribution in [0.2, 0.25) is 0 Å². The normalized spacial score (nSPS) is 10.4. The van der Waals surface area contributed by atoms with Crippen LogP contribution in [0.3, 0.4) is 0 Å². The highest BCUT2D eigenvalue weighted by atomic mass is 79.9. The van der Waals surface area contributed by atoms with Crippen molar-refractivity contribution < 1.29 is 0 Å². The molecule has 0 aliphatic heterocycles. The molecule has 98 valence electrons. The number of benzene rings is 2. The Bertz CT molecular complexity index is 799. The summed E-state index contributed by atoms with van der Waals surface area (Å²) in [5.74, 6) is 0. The van der Waals surface area contributed by atoms with Crippen LogP contribution in [-0.2, 0) is 6.54 Å². The van der Waals surface area contributed by atoms with Gasteiger partial charge in [0.1, 0.15) is 6.07 Å². The van der Waals surface area contributed by atoms with Crippen molar-refractivity contribution in [2.75, 3.05) is 5.32 Å². The van der Waals surface area contributed by atoms with E-state index in [1.54, 1.807) is 0 Å². The predicted octanol–water partition coefficient (Wildman–Crippen LogP) is 4.41. The number of hydrogen-bond donors (Lipinski definition) is 2. The molecule has 2 aromatic carbocycles. The molecule has 0 radical (unpaired) electrons. The largest absolute Gasteiger partial charge is 0.380 e. The number of anilines is 1. The van der Waals surface area contributed by atoms with Gasteiger partial charge in [-0.3, -0.25) is 0 Å². The van der Waals surface area contributed by atoms with E-state index >= 15 is 0 Å². The average molecular weight is 326 g/mol. The molecule has 3 rings (SSSR count). The minimum Gasteiger partial charge on any atom is -0.380 e. The fourth-order valence-electron chi connectivity index (χ4n) is 2.17. The molecule has 0 saturated carbocycles. The molecule has 0 fully saturated rings. The standard InChI is InChI=1S/C16H12BrN3/c17-14-3-2-13(9-18)16(8-14)20-10-11-1-4-15-12(7-11)5-6-19-15/h1-8,19-20H,10H2. The molecule has 0 atom stereocenters. The molecule has 1 aromatic heterocycles. The lowest BCUT2D eigenvalue weighted by atomic mass is 10.1. The minimum atomic E-state index is 0.649. The third-order valence-electron chi connectivity index (χ3n) is 3.20. The average Bonchev–Trinajstić information content (AvgIpc) is 2.92. The van der Waals surface area contributed by atoms with Crippen molar-refractivity contribution in [3.05, 3.63) is 64.3 Å². The lowest BCUT2D eigenvalue weighted by molar-refractivity contribution is 1.15. The molecule has 0 unspecified atom stereocenters. The molecule has 0 aliphatic rings. The lowest BCUT2D eigenvalue weighted by Gasteiger charge is -2.09. The summed E-state index contributed by atoms with van der Waals surface area (Å²) in [5, 5.41) is 13.6.